The van der Waals surface area contributed by atoms with E-state index in [4.69, 9.17) is 0 Å². The smallest absolute Gasteiger partial charge is 0.00127 e. The van der Waals surface area contributed by atoms with E-state index in [1.165, 1.54) is 387 Å². The summed E-state index contributed by atoms with van der Waals surface area (Å²) >= 11 is 0. The van der Waals surface area contributed by atoms with E-state index in [9.17, 15) is 0 Å². The van der Waals surface area contributed by atoms with E-state index in [0.717, 1.165) is 0 Å². The van der Waals surface area contributed by atoms with Gasteiger partial charge < -0.3 is 24.9 Å². The van der Waals surface area contributed by atoms with Gasteiger partial charge in [0.25, 0.3) is 0 Å². The summed E-state index contributed by atoms with van der Waals surface area (Å²) in [5, 5.41) is 3.31. The lowest BCUT2D eigenvalue weighted by Gasteiger charge is -2.22. The lowest BCUT2D eigenvalue weighted by molar-refractivity contribution is 0.255. The SMILES string of the molecule is CC(C)NC(C)C.CCCCCCN(CCCCCC)CCCCCC.CCCCCCN(CCCCCC)CCCCCC.CCCCCCN(CCCCCC)CCCCCC.CCCCCCN(CCCCCC)CCCCCC. The minimum atomic E-state index is 0.625. The third-order valence-electron chi connectivity index (χ3n) is 16.6. The van der Waals surface area contributed by atoms with Gasteiger partial charge in [0.2, 0.25) is 0 Å². The van der Waals surface area contributed by atoms with Gasteiger partial charge in [-0.15, -0.1) is 0 Å². The van der Waals surface area contributed by atoms with Gasteiger partial charge in [-0.1, -0.05) is 342 Å². The molecule has 0 saturated heterocycles. The zero-order valence-electron chi connectivity index (χ0n) is 61.9. The molecule has 0 aliphatic carbocycles. The average Bonchev–Trinajstić information content (AvgIpc) is 3.47. The summed E-state index contributed by atoms with van der Waals surface area (Å²) < 4.78 is 0. The van der Waals surface area contributed by atoms with Crippen molar-refractivity contribution in [2.45, 2.75) is 431 Å². The first-order valence-corrected chi connectivity index (χ1v) is 39.2. The van der Waals surface area contributed by atoms with Crippen LogP contribution in [0.15, 0.2) is 0 Å². The molecule has 0 aromatic rings. The fraction of sp³-hybridized carbons (Fsp3) is 1.00. The first kappa shape index (κ1) is 91.5. The Balaban J connectivity index is -0.000000313. The van der Waals surface area contributed by atoms with Gasteiger partial charge in [0.1, 0.15) is 0 Å². The van der Waals surface area contributed by atoms with Crippen LogP contribution in [0, 0.1) is 0 Å². The van der Waals surface area contributed by atoms with Crippen LogP contribution in [0.3, 0.4) is 0 Å². The quantitative estimate of drug-likeness (QED) is 0.0612. The van der Waals surface area contributed by atoms with Crippen LogP contribution in [0.2, 0.25) is 0 Å². The van der Waals surface area contributed by atoms with Gasteiger partial charge in [-0.2, -0.15) is 0 Å². The molecule has 0 rings (SSSR count). The van der Waals surface area contributed by atoms with E-state index in [1.54, 1.807) is 0 Å². The molecular formula is C78H171N5. The predicted octanol–water partition coefficient (Wildman–Crippen LogP) is 25.5. The molecule has 0 amide bonds. The third kappa shape index (κ3) is 90.7. The minimum Gasteiger partial charge on any atom is -0.312 e. The molecule has 83 heavy (non-hydrogen) atoms. The summed E-state index contributed by atoms with van der Waals surface area (Å²) in [6.07, 6.45) is 67.3. The van der Waals surface area contributed by atoms with E-state index in [1.807, 2.05) is 0 Å². The summed E-state index contributed by atoms with van der Waals surface area (Å²) in [6.45, 7) is 52.3. The second kappa shape index (κ2) is 86.0. The highest BCUT2D eigenvalue weighted by molar-refractivity contribution is 4.64. The van der Waals surface area contributed by atoms with Crippen molar-refractivity contribution in [2.75, 3.05) is 78.5 Å². The Kier molecular flexibility index (Phi) is 94.8. The second-order valence-electron chi connectivity index (χ2n) is 26.6. The first-order valence-electron chi connectivity index (χ1n) is 39.2. The van der Waals surface area contributed by atoms with Gasteiger partial charge in [-0.3, -0.25) is 0 Å². The maximum atomic E-state index is 3.31. The van der Waals surface area contributed by atoms with Crippen LogP contribution in [-0.4, -0.2) is 110 Å². The molecule has 0 radical (unpaired) electrons. The molecule has 0 aromatic carbocycles. The molecule has 0 fully saturated rings. The van der Waals surface area contributed by atoms with Gasteiger partial charge in [0.15, 0.2) is 0 Å². The maximum absolute atomic E-state index is 3.31. The maximum Gasteiger partial charge on any atom is 0.00127 e. The summed E-state index contributed by atoms with van der Waals surface area (Å²) in [5.74, 6) is 0. The van der Waals surface area contributed by atoms with Crippen molar-refractivity contribution in [1.29, 1.82) is 0 Å². The molecule has 0 aliphatic heterocycles. The van der Waals surface area contributed by atoms with Crippen LogP contribution in [0.1, 0.15) is 419 Å². The van der Waals surface area contributed by atoms with Gasteiger partial charge >= 0.3 is 0 Å². The fourth-order valence-electron chi connectivity index (χ4n) is 11.2. The topological polar surface area (TPSA) is 25.0 Å². The van der Waals surface area contributed by atoms with Gasteiger partial charge in [-0.05, 0) is 156 Å². The van der Waals surface area contributed by atoms with Crippen LogP contribution in [0.25, 0.3) is 0 Å². The van der Waals surface area contributed by atoms with E-state index < -0.39 is 0 Å². The number of hydrogen-bond donors (Lipinski definition) is 1. The number of hydrogen-bond acceptors (Lipinski definition) is 5. The van der Waals surface area contributed by atoms with Crippen molar-refractivity contribution in [3.8, 4) is 0 Å². The van der Waals surface area contributed by atoms with Crippen LogP contribution < -0.4 is 5.32 Å². The molecular weight excluding hydrogens is 1010 g/mol. The third-order valence-corrected chi connectivity index (χ3v) is 16.6. The zero-order chi connectivity index (χ0) is 62.6. The predicted molar refractivity (Wildman–Crippen MR) is 389 cm³/mol. The fourth-order valence-corrected chi connectivity index (χ4v) is 11.2. The Morgan fingerprint density at radius 1 is 0.157 bits per heavy atom. The minimum absolute atomic E-state index is 0.625. The standard InChI is InChI=1S/4C18H39N.C6H15N/c4*1-4-7-10-13-16-19(17-14-11-8-5-2)18-15-12-9-6-3;1-5(2)7-6(3)4/h4*4-18H2,1-3H3;5-7H,1-4H3. The molecule has 0 spiro atoms. The Labute approximate surface area is 531 Å². The van der Waals surface area contributed by atoms with Crippen molar-refractivity contribution in [1.82, 2.24) is 24.9 Å². The van der Waals surface area contributed by atoms with E-state index >= 15 is 0 Å². The highest BCUT2D eigenvalue weighted by Crippen LogP contribution is 2.13. The second-order valence-corrected chi connectivity index (χ2v) is 26.6. The van der Waals surface area contributed by atoms with Gasteiger partial charge in [-0.25, -0.2) is 0 Å². The molecule has 0 heterocycles. The van der Waals surface area contributed by atoms with Crippen molar-refractivity contribution >= 4 is 0 Å². The molecule has 0 bridgehead atoms. The van der Waals surface area contributed by atoms with Crippen molar-refractivity contribution in [3.63, 3.8) is 0 Å². The molecule has 5 nitrogen and oxygen atoms in total. The van der Waals surface area contributed by atoms with Crippen LogP contribution in [0.5, 0.6) is 0 Å². The monoisotopic (exact) mass is 1180 g/mol. The molecule has 5 heteroatoms. The van der Waals surface area contributed by atoms with Gasteiger partial charge in [0.05, 0.1) is 0 Å². The Hall–Kier alpha value is -0.200. The summed E-state index contributed by atoms with van der Waals surface area (Å²) in [6, 6.07) is 1.25. The van der Waals surface area contributed by atoms with E-state index in [0.29, 0.717) is 12.1 Å². The molecule has 1 N–H and O–H groups in total. The molecule has 0 aromatic heterocycles. The highest BCUT2D eigenvalue weighted by Gasteiger charge is 2.08. The zero-order valence-corrected chi connectivity index (χ0v) is 61.9. The van der Waals surface area contributed by atoms with Crippen LogP contribution in [-0.2, 0) is 0 Å². The average molecular weight is 1180 g/mol. The lowest BCUT2D eigenvalue weighted by atomic mass is 10.1. The molecule has 0 saturated carbocycles. The lowest BCUT2D eigenvalue weighted by Crippen LogP contribution is -2.29. The van der Waals surface area contributed by atoms with Crippen LogP contribution in [0.4, 0.5) is 0 Å². The molecule has 0 atom stereocenters. The number of nitrogens with one attached hydrogen (secondary N) is 1. The van der Waals surface area contributed by atoms with E-state index in [2.05, 4.69) is 136 Å². The Morgan fingerprint density at radius 3 is 0.313 bits per heavy atom. The molecule has 0 unspecified atom stereocenters. The first-order chi connectivity index (χ1) is 40.5. The summed E-state index contributed by atoms with van der Waals surface area (Å²) in [7, 11) is 0. The molecule has 508 valence electrons. The van der Waals surface area contributed by atoms with Crippen molar-refractivity contribution in [2.24, 2.45) is 0 Å². The number of nitrogens with zero attached hydrogens (tertiary/aromatic N) is 4. The Bertz CT molecular complexity index is 755. The number of unbranched alkanes of at least 4 members (excludes halogenated alkanes) is 36. The normalized spacial score (nSPS) is 11.3. The number of rotatable bonds is 62. The van der Waals surface area contributed by atoms with Crippen LogP contribution >= 0.6 is 0 Å². The Morgan fingerprint density at radius 2 is 0.253 bits per heavy atom. The van der Waals surface area contributed by atoms with Crippen molar-refractivity contribution < 1.29 is 0 Å². The highest BCUT2D eigenvalue weighted by atomic mass is 15.1. The van der Waals surface area contributed by atoms with Gasteiger partial charge in [0, 0.05) is 12.1 Å². The largest absolute Gasteiger partial charge is 0.312 e. The molecule has 0 aliphatic rings. The van der Waals surface area contributed by atoms with E-state index in [-0.39, 0.29) is 0 Å². The van der Waals surface area contributed by atoms with Crippen molar-refractivity contribution in [3.05, 3.63) is 0 Å². The summed E-state index contributed by atoms with van der Waals surface area (Å²) in [5.41, 5.74) is 0. The summed E-state index contributed by atoms with van der Waals surface area (Å²) in [4.78, 5) is 10.9.